The first-order chi connectivity index (χ1) is 7.79. The van der Waals surface area contributed by atoms with E-state index in [2.05, 4.69) is 4.90 Å². The summed E-state index contributed by atoms with van der Waals surface area (Å²) in [7, 11) is 0. The van der Waals surface area contributed by atoms with Crippen molar-refractivity contribution in [1.82, 2.24) is 9.80 Å². The van der Waals surface area contributed by atoms with Gasteiger partial charge in [-0.15, -0.1) is 0 Å². The third-order valence-electron chi connectivity index (χ3n) is 3.37. The van der Waals surface area contributed by atoms with Gasteiger partial charge in [0.1, 0.15) is 6.61 Å². The van der Waals surface area contributed by atoms with Crippen LogP contribution in [0, 0.1) is 5.92 Å². The Bertz CT molecular complexity index is 233. The Kier molecular flexibility index (Phi) is 4.18. The number of rotatable bonds is 5. The van der Waals surface area contributed by atoms with Crippen LogP contribution in [0.2, 0.25) is 0 Å². The number of piperazine rings is 1. The Morgan fingerprint density at radius 1 is 1.25 bits per heavy atom. The van der Waals surface area contributed by atoms with Crippen LogP contribution < -0.4 is 0 Å². The molecule has 2 aliphatic rings. The first kappa shape index (κ1) is 11.9. The zero-order chi connectivity index (χ0) is 11.4. The molecule has 1 saturated heterocycles. The Hall–Kier alpha value is -0.610. The second-order valence-electron chi connectivity index (χ2n) is 4.76. The van der Waals surface area contributed by atoms with Crippen molar-refractivity contribution in [2.45, 2.75) is 19.8 Å². The first-order valence-electron chi connectivity index (χ1n) is 6.37. The molecule has 1 amide bonds. The molecular formula is C12H22N2O2. The van der Waals surface area contributed by atoms with Crippen LogP contribution in [0.1, 0.15) is 19.8 Å². The number of hydrogen-bond donors (Lipinski definition) is 0. The number of carbonyl (C=O) groups excluding carboxylic acids is 1. The van der Waals surface area contributed by atoms with Crippen molar-refractivity contribution in [2.24, 2.45) is 5.92 Å². The van der Waals surface area contributed by atoms with Crippen molar-refractivity contribution >= 4 is 5.91 Å². The minimum Gasteiger partial charge on any atom is -0.372 e. The highest BCUT2D eigenvalue weighted by Gasteiger charge is 2.27. The number of amides is 1. The topological polar surface area (TPSA) is 32.8 Å². The van der Waals surface area contributed by atoms with Gasteiger partial charge in [-0.2, -0.15) is 0 Å². The largest absolute Gasteiger partial charge is 0.372 e. The van der Waals surface area contributed by atoms with Crippen LogP contribution in [0.3, 0.4) is 0 Å². The number of hydrogen-bond acceptors (Lipinski definition) is 3. The minimum absolute atomic E-state index is 0.146. The van der Waals surface area contributed by atoms with Gasteiger partial charge < -0.3 is 9.64 Å². The smallest absolute Gasteiger partial charge is 0.248 e. The maximum Gasteiger partial charge on any atom is 0.248 e. The molecule has 1 aliphatic heterocycles. The highest BCUT2D eigenvalue weighted by Crippen LogP contribution is 2.29. The van der Waals surface area contributed by atoms with E-state index in [0.29, 0.717) is 6.61 Å². The Morgan fingerprint density at radius 2 is 1.94 bits per heavy atom. The summed E-state index contributed by atoms with van der Waals surface area (Å²) < 4.78 is 5.15. The fraction of sp³-hybridized carbons (Fsp3) is 0.917. The lowest BCUT2D eigenvalue weighted by Crippen LogP contribution is -2.50. The highest BCUT2D eigenvalue weighted by molar-refractivity contribution is 5.77. The average molecular weight is 226 g/mol. The van der Waals surface area contributed by atoms with E-state index in [-0.39, 0.29) is 12.5 Å². The molecule has 1 saturated carbocycles. The third-order valence-corrected chi connectivity index (χ3v) is 3.37. The monoisotopic (exact) mass is 226 g/mol. The van der Waals surface area contributed by atoms with Crippen molar-refractivity contribution in [3.63, 3.8) is 0 Å². The number of ether oxygens (including phenoxy) is 1. The summed E-state index contributed by atoms with van der Waals surface area (Å²) in [6, 6.07) is 0. The molecule has 16 heavy (non-hydrogen) atoms. The van der Waals surface area contributed by atoms with Gasteiger partial charge in [0.2, 0.25) is 5.91 Å². The molecule has 0 aromatic heterocycles. The third kappa shape index (κ3) is 3.46. The lowest BCUT2D eigenvalue weighted by Gasteiger charge is -2.34. The summed E-state index contributed by atoms with van der Waals surface area (Å²) in [5.74, 6) is 1.10. The summed E-state index contributed by atoms with van der Waals surface area (Å²) >= 11 is 0. The molecule has 0 radical (unpaired) electrons. The van der Waals surface area contributed by atoms with Gasteiger partial charge in [-0.05, 0) is 25.7 Å². The maximum absolute atomic E-state index is 11.7. The van der Waals surface area contributed by atoms with Crippen LogP contribution in [0.25, 0.3) is 0 Å². The Labute approximate surface area is 97.5 Å². The van der Waals surface area contributed by atoms with Gasteiger partial charge in [0, 0.05) is 39.3 Å². The van der Waals surface area contributed by atoms with Crippen molar-refractivity contribution in [2.75, 3.05) is 45.9 Å². The van der Waals surface area contributed by atoms with E-state index < -0.39 is 0 Å². The molecule has 2 rings (SSSR count). The predicted molar refractivity (Wildman–Crippen MR) is 62.2 cm³/mol. The van der Waals surface area contributed by atoms with Crippen molar-refractivity contribution in [1.29, 1.82) is 0 Å². The SMILES string of the molecule is CCOCC(=O)N1CCN(CC2CC2)CC1. The zero-order valence-electron chi connectivity index (χ0n) is 10.2. The van der Waals surface area contributed by atoms with Crippen LogP contribution in [0.5, 0.6) is 0 Å². The van der Waals surface area contributed by atoms with Crippen molar-refractivity contribution in [3.05, 3.63) is 0 Å². The molecule has 1 heterocycles. The minimum atomic E-state index is 0.146. The lowest BCUT2D eigenvalue weighted by molar-refractivity contribution is -0.137. The van der Waals surface area contributed by atoms with Gasteiger partial charge in [0.05, 0.1) is 0 Å². The van der Waals surface area contributed by atoms with Gasteiger partial charge in [-0.3, -0.25) is 9.69 Å². The van der Waals surface area contributed by atoms with Crippen LogP contribution in [0.4, 0.5) is 0 Å². The number of carbonyl (C=O) groups is 1. The lowest BCUT2D eigenvalue weighted by atomic mass is 10.3. The van der Waals surface area contributed by atoms with Crippen LogP contribution in [-0.4, -0.2) is 61.6 Å². The fourth-order valence-electron chi connectivity index (χ4n) is 2.13. The summed E-state index contributed by atoms with van der Waals surface area (Å²) in [4.78, 5) is 16.1. The molecule has 0 unspecified atom stereocenters. The van der Waals surface area contributed by atoms with Crippen LogP contribution in [0.15, 0.2) is 0 Å². The first-order valence-corrected chi connectivity index (χ1v) is 6.37. The molecule has 0 bridgehead atoms. The summed E-state index contributed by atoms with van der Waals surface area (Å²) in [6.45, 7) is 7.85. The molecule has 0 spiro atoms. The molecule has 92 valence electrons. The van der Waals surface area contributed by atoms with Crippen molar-refractivity contribution in [3.8, 4) is 0 Å². The van der Waals surface area contributed by atoms with E-state index >= 15 is 0 Å². The van der Waals surface area contributed by atoms with E-state index in [9.17, 15) is 4.79 Å². The Balaban J connectivity index is 1.65. The molecule has 0 N–H and O–H groups in total. The van der Waals surface area contributed by atoms with E-state index in [1.807, 2.05) is 11.8 Å². The molecule has 1 aliphatic carbocycles. The Morgan fingerprint density at radius 3 is 2.50 bits per heavy atom. The summed E-state index contributed by atoms with van der Waals surface area (Å²) in [6.07, 6.45) is 2.81. The number of nitrogens with zero attached hydrogens (tertiary/aromatic N) is 2. The van der Waals surface area contributed by atoms with E-state index in [4.69, 9.17) is 4.74 Å². The second kappa shape index (κ2) is 5.64. The van der Waals surface area contributed by atoms with E-state index in [0.717, 1.165) is 32.1 Å². The second-order valence-corrected chi connectivity index (χ2v) is 4.76. The summed E-state index contributed by atoms with van der Waals surface area (Å²) in [5.41, 5.74) is 0. The maximum atomic E-state index is 11.7. The van der Waals surface area contributed by atoms with Gasteiger partial charge in [-0.25, -0.2) is 0 Å². The fourth-order valence-corrected chi connectivity index (χ4v) is 2.13. The molecule has 0 aromatic rings. The molecule has 4 heteroatoms. The predicted octanol–water partition coefficient (Wildman–Crippen LogP) is 0.577. The molecule has 0 aromatic carbocycles. The van der Waals surface area contributed by atoms with Gasteiger partial charge in [-0.1, -0.05) is 0 Å². The van der Waals surface area contributed by atoms with Crippen molar-refractivity contribution < 1.29 is 9.53 Å². The molecule has 0 atom stereocenters. The standard InChI is InChI=1S/C12H22N2O2/c1-2-16-10-12(15)14-7-5-13(6-8-14)9-11-3-4-11/h11H,2-10H2,1H3. The van der Waals surface area contributed by atoms with E-state index in [1.165, 1.54) is 19.4 Å². The molecule has 4 nitrogen and oxygen atoms in total. The molecular weight excluding hydrogens is 204 g/mol. The van der Waals surface area contributed by atoms with Crippen LogP contribution in [-0.2, 0) is 9.53 Å². The highest BCUT2D eigenvalue weighted by atomic mass is 16.5. The normalized spacial score (nSPS) is 22.4. The molecule has 2 fully saturated rings. The van der Waals surface area contributed by atoms with E-state index in [1.54, 1.807) is 0 Å². The van der Waals surface area contributed by atoms with Gasteiger partial charge in [0.15, 0.2) is 0 Å². The van der Waals surface area contributed by atoms with Gasteiger partial charge in [0.25, 0.3) is 0 Å². The zero-order valence-corrected chi connectivity index (χ0v) is 10.2. The quantitative estimate of drug-likeness (QED) is 0.687. The van der Waals surface area contributed by atoms with Gasteiger partial charge >= 0.3 is 0 Å². The average Bonchev–Trinajstić information content (AvgIpc) is 3.11. The van der Waals surface area contributed by atoms with Crippen LogP contribution >= 0.6 is 0 Å². The summed E-state index contributed by atoms with van der Waals surface area (Å²) in [5, 5.41) is 0.